The molecule has 0 bridgehead atoms. The standard InChI is InChI=1S/C23H21ClN2O3/c1-16(27)25-22-11-10-18(24)14-21(22)23(28)26-19-8-5-9-20(15-19)29-13-12-17-6-3-2-4-7-17/h2-11,14-15H,12-13H2,1H3,(H,25,27)(H,26,28). The molecule has 6 heteroatoms. The Balaban J connectivity index is 1.66. The Labute approximate surface area is 174 Å². The number of halogens is 1. The second-order valence-electron chi connectivity index (χ2n) is 6.44. The van der Waals surface area contributed by atoms with E-state index >= 15 is 0 Å². The maximum absolute atomic E-state index is 12.7. The lowest BCUT2D eigenvalue weighted by atomic mass is 10.1. The van der Waals surface area contributed by atoms with Crippen molar-refractivity contribution in [2.45, 2.75) is 13.3 Å². The Morgan fingerprint density at radius 1 is 0.931 bits per heavy atom. The molecule has 3 aromatic carbocycles. The van der Waals surface area contributed by atoms with Crippen LogP contribution in [0.2, 0.25) is 5.02 Å². The van der Waals surface area contributed by atoms with Gasteiger partial charge < -0.3 is 15.4 Å². The van der Waals surface area contributed by atoms with Crippen molar-refractivity contribution in [1.29, 1.82) is 0 Å². The van der Waals surface area contributed by atoms with E-state index in [0.717, 1.165) is 6.42 Å². The number of anilines is 2. The molecule has 0 unspecified atom stereocenters. The van der Waals surface area contributed by atoms with E-state index in [2.05, 4.69) is 22.8 Å². The van der Waals surface area contributed by atoms with Crippen molar-refractivity contribution in [3.63, 3.8) is 0 Å². The molecule has 3 aromatic rings. The lowest BCUT2D eigenvalue weighted by Gasteiger charge is -2.12. The summed E-state index contributed by atoms with van der Waals surface area (Å²) in [6, 6.07) is 22.0. The fourth-order valence-corrected chi connectivity index (χ4v) is 2.97. The van der Waals surface area contributed by atoms with Gasteiger partial charge in [0, 0.05) is 30.1 Å². The Morgan fingerprint density at radius 3 is 2.48 bits per heavy atom. The minimum absolute atomic E-state index is 0.268. The van der Waals surface area contributed by atoms with Crippen LogP contribution in [0, 0.1) is 0 Å². The zero-order valence-corrected chi connectivity index (χ0v) is 16.7. The van der Waals surface area contributed by atoms with Gasteiger partial charge in [-0.3, -0.25) is 9.59 Å². The molecule has 0 fully saturated rings. The summed E-state index contributed by atoms with van der Waals surface area (Å²) in [6.45, 7) is 1.91. The molecule has 0 atom stereocenters. The summed E-state index contributed by atoms with van der Waals surface area (Å²) in [5.74, 6) is 0.0137. The Morgan fingerprint density at radius 2 is 1.72 bits per heavy atom. The molecule has 2 N–H and O–H groups in total. The molecule has 29 heavy (non-hydrogen) atoms. The van der Waals surface area contributed by atoms with Crippen LogP contribution >= 0.6 is 11.6 Å². The van der Waals surface area contributed by atoms with Crippen molar-refractivity contribution in [3.8, 4) is 5.75 Å². The third-order valence-corrected chi connectivity index (χ3v) is 4.37. The highest BCUT2D eigenvalue weighted by Gasteiger charge is 2.14. The largest absolute Gasteiger partial charge is 0.493 e. The van der Waals surface area contributed by atoms with Crippen LogP contribution in [-0.2, 0) is 11.2 Å². The first-order valence-electron chi connectivity index (χ1n) is 9.16. The number of nitrogens with one attached hydrogen (secondary N) is 2. The summed E-state index contributed by atoms with van der Waals surface area (Å²) in [5.41, 5.74) is 2.46. The van der Waals surface area contributed by atoms with Gasteiger partial charge in [-0.25, -0.2) is 0 Å². The van der Waals surface area contributed by atoms with Crippen LogP contribution in [0.15, 0.2) is 72.8 Å². The van der Waals surface area contributed by atoms with Gasteiger partial charge in [0.2, 0.25) is 5.91 Å². The molecule has 0 aliphatic rings. The molecule has 2 amide bonds. The van der Waals surface area contributed by atoms with E-state index in [1.54, 1.807) is 30.3 Å². The van der Waals surface area contributed by atoms with Gasteiger partial charge in [-0.1, -0.05) is 48.0 Å². The Bertz CT molecular complexity index is 1010. The predicted octanol–water partition coefficient (Wildman–Crippen LogP) is 5.17. The van der Waals surface area contributed by atoms with E-state index in [1.165, 1.54) is 18.6 Å². The Kier molecular flexibility index (Phi) is 6.87. The fourth-order valence-electron chi connectivity index (χ4n) is 2.80. The Hall–Kier alpha value is -3.31. The molecule has 0 heterocycles. The van der Waals surface area contributed by atoms with Gasteiger partial charge in [0.15, 0.2) is 0 Å². The molecular weight excluding hydrogens is 388 g/mol. The summed E-state index contributed by atoms with van der Waals surface area (Å²) in [5, 5.41) is 5.86. The predicted molar refractivity (Wildman–Crippen MR) is 116 cm³/mol. The molecular formula is C23H21ClN2O3. The minimum Gasteiger partial charge on any atom is -0.493 e. The van der Waals surface area contributed by atoms with Crippen molar-refractivity contribution in [2.24, 2.45) is 0 Å². The van der Waals surface area contributed by atoms with Crippen LogP contribution in [0.1, 0.15) is 22.8 Å². The van der Waals surface area contributed by atoms with E-state index in [0.29, 0.717) is 28.8 Å². The van der Waals surface area contributed by atoms with Crippen molar-refractivity contribution < 1.29 is 14.3 Å². The third kappa shape index (κ3) is 6.09. The third-order valence-electron chi connectivity index (χ3n) is 4.13. The first kappa shape index (κ1) is 20.4. The van der Waals surface area contributed by atoms with Gasteiger partial charge in [0.05, 0.1) is 17.9 Å². The number of ether oxygens (including phenoxy) is 1. The molecule has 0 aliphatic carbocycles. The molecule has 3 rings (SSSR count). The number of carbonyl (C=O) groups excluding carboxylic acids is 2. The van der Waals surface area contributed by atoms with Gasteiger partial charge in [-0.2, -0.15) is 0 Å². The van der Waals surface area contributed by atoms with E-state index in [4.69, 9.17) is 16.3 Å². The first-order valence-corrected chi connectivity index (χ1v) is 9.54. The second-order valence-corrected chi connectivity index (χ2v) is 6.87. The monoisotopic (exact) mass is 408 g/mol. The van der Waals surface area contributed by atoms with Crippen LogP contribution in [0.3, 0.4) is 0 Å². The maximum atomic E-state index is 12.7. The van der Waals surface area contributed by atoms with Gasteiger partial charge in [0.25, 0.3) is 5.91 Å². The number of hydrogen-bond acceptors (Lipinski definition) is 3. The summed E-state index contributed by atoms with van der Waals surface area (Å²) in [6.07, 6.45) is 0.792. The fraction of sp³-hybridized carbons (Fsp3) is 0.130. The van der Waals surface area contributed by atoms with E-state index in [-0.39, 0.29) is 17.4 Å². The van der Waals surface area contributed by atoms with Gasteiger partial charge in [-0.05, 0) is 35.9 Å². The molecule has 148 valence electrons. The highest BCUT2D eigenvalue weighted by molar-refractivity contribution is 6.31. The molecule has 0 aliphatic heterocycles. The van der Waals surface area contributed by atoms with Crippen LogP contribution in [-0.4, -0.2) is 18.4 Å². The second kappa shape index (κ2) is 9.75. The molecule has 0 spiro atoms. The topological polar surface area (TPSA) is 67.4 Å². The molecule has 0 aromatic heterocycles. The maximum Gasteiger partial charge on any atom is 0.257 e. The highest BCUT2D eigenvalue weighted by atomic mass is 35.5. The first-order chi connectivity index (χ1) is 14.0. The van der Waals surface area contributed by atoms with Gasteiger partial charge in [-0.15, -0.1) is 0 Å². The van der Waals surface area contributed by atoms with E-state index in [9.17, 15) is 9.59 Å². The molecule has 0 radical (unpaired) electrons. The highest BCUT2D eigenvalue weighted by Crippen LogP contribution is 2.23. The minimum atomic E-state index is -0.377. The van der Waals surface area contributed by atoms with Gasteiger partial charge >= 0.3 is 0 Å². The zero-order valence-electron chi connectivity index (χ0n) is 15.9. The smallest absolute Gasteiger partial charge is 0.257 e. The number of benzene rings is 3. The van der Waals surface area contributed by atoms with Crippen molar-refractivity contribution >= 4 is 34.8 Å². The van der Waals surface area contributed by atoms with Crippen LogP contribution in [0.5, 0.6) is 5.75 Å². The molecule has 5 nitrogen and oxygen atoms in total. The lowest BCUT2D eigenvalue weighted by Crippen LogP contribution is -2.16. The van der Waals surface area contributed by atoms with Crippen LogP contribution in [0.4, 0.5) is 11.4 Å². The summed E-state index contributed by atoms with van der Waals surface area (Å²) in [4.78, 5) is 24.1. The normalized spacial score (nSPS) is 10.3. The number of carbonyl (C=O) groups is 2. The quantitative estimate of drug-likeness (QED) is 0.566. The molecule has 0 saturated heterocycles. The zero-order chi connectivity index (χ0) is 20.6. The van der Waals surface area contributed by atoms with Gasteiger partial charge in [0.1, 0.15) is 5.75 Å². The average Bonchev–Trinajstić information content (AvgIpc) is 2.70. The number of hydrogen-bond donors (Lipinski definition) is 2. The molecule has 0 saturated carbocycles. The summed E-state index contributed by atoms with van der Waals surface area (Å²) in [7, 11) is 0. The lowest BCUT2D eigenvalue weighted by molar-refractivity contribution is -0.114. The SMILES string of the molecule is CC(=O)Nc1ccc(Cl)cc1C(=O)Nc1cccc(OCCc2ccccc2)c1. The van der Waals surface area contributed by atoms with Crippen molar-refractivity contribution in [1.82, 2.24) is 0 Å². The average molecular weight is 409 g/mol. The summed E-state index contributed by atoms with van der Waals surface area (Å²) < 4.78 is 5.80. The number of rotatable bonds is 7. The van der Waals surface area contributed by atoms with Crippen molar-refractivity contribution in [3.05, 3.63) is 88.9 Å². The number of amides is 2. The van der Waals surface area contributed by atoms with E-state index < -0.39 is 0 Å². The van der Waals surface area contributed by atoms with Crippen LogP contribution in [0.25, 0.3) is 0 Å². The van der Waals surface area contributed by atoms with E-state index in [1.807, 2.05) is 24.3 Å². The summed E-state index contributed by atoms with van der Waals surface area (Å²) >= 11 is 6.02. The van der Waals surface area contributed by atoms with Crippen LogP contribution < -0.4 is 15.4 Å². The van der Waals surface area contributed by atoms with Crippen molar-refractivity contribution in [2.75, 3.05) is 17.2 Å².